The fraction of sp³-hybridized carbons (Fsp3) is 0.529. The Morgan fingerprint density at radius 3 is 2.85 bits per heavy atom. The zero-order valence-electron chi connectivity index (χ0n) is 12.4. The molecule has 0 aliphatic carbocycles. The van der Waals surface area contributed by atoms with E-state index in [0.29, 0.717) is 13.0 Å². The van der Waals surface area contributed by atoms with Crippen molar-refractivity contribution in [3.63, 3.8) is 0 Å². The lowest BCUT2D eigenvalue weighted by molar-refractivity contribution is 0.301. The highest BCUT2D eigenvalue weighted by Crippen LogP contribution is 2.22. The summed E-state index contributed by atoms with van der Waals surface area (Å²) in [7, 11) is 0. The predicted molar refractivity (Wildman–Crippen MR) is 82.5 cm³/mol. The molecule has 1 aromatic carbocycles. The lowest BCUT2D eigenvalue weighted by Crippen LogP contribution is -2.21. The first kappa shape index (κ1) is 16.7. The third kappa shape index (κ3) is 6.20. The second-order valence-corrected chi connectivity index (χ2v) is 5.11. The van der Waals surface area contributed by atoms with Crippen LogP contribution in [0.2, 0.25) is 0 Å². The van der Waals surface area contributed by atoms with E-state index in [1.165, 1.54) is 12.1 Å². The molecule has 1 unspecified atom stereocenters. The Morgan fingerprint density at radius 2 is 2.15 bits per heavy atom. The number of ether oxygens (including phenoxy) is 1. The molecular weight excluding hydrogens is 253 g/mol. The van der Waals surface area contributed by atoms with Gasteiger partial charge in [0.1, 0.15) is 11.6 Å². The van der Waals surface area contributed by atoms with Crippen LogP contribution in [0.5, 0.6) is 5.75 Å². The van der Waals surface area contributed by atoms with Gasteiger partial charge in [-0.05, 0) is 62.3 Å². The van der Waals surface area contributed by atoms with Gasteiger partial charge in [-0.25, -0.2) is 4.39 Å². The summed E-state index contributed by atoms with van der Waals surface area (Å²) in [6, 6.07) is 4.72. The van der Waals surface area contributed by atoms with Gasteiger partial charge in [0.15, 0.2) is 0 Å². The number of rotatable bonds is 10. The molecule has 0 heterocycles. The highest BCUT2D eigenvalue weighted by molar-refractivity contribution is 5.34. The molecule has 0 amide bonds. The highest BCUT2D eigenvalue weighted by Gasteiger charge is 2.09. The molecule has 20 heavy (non-hydrogen) atoms. The Kier molecular flexibility index (Phi) is 7.97. The molecule has 0 spiro atoms. The van der Waals surface area contributed by atoms with E-state index in [9.17, 15) is 4.39 Å². The number of benzene rings is 1. The highest BCUT2D eigenvalue weighted by atomic mass is 19.1. The minimum absolute atomic E-state index is 0.0479. The van der Waals surface area contributed by atoms with Crippen molar-refractivity contribution in [3.8, 4) is 5.75 Å². The van der Waals surface area contributed by atoms with Crippen LogP contribution in [0.15, 0.2) is 30.9 Å². The summed E-state index contributed by atoms with van der Waals surface area (Å²) in [5, 5.41) is 0. The fourth-order valence-corrected chi connectivity index (χ4v) is 2.02. The SMILES string of the molecule is C=CCCCCCOc1ccc(F)cc1CC(N)CC. The Morgan fingerprint density at radius 1 is 1.35 bits per heavy atom. The van der Waals surface area contributed by atoms with E-state index in [-0.39, 0.29) is 11.9 Å². The summed E-state index contributed by atoms with van der Waals surface area (Å²) >= 11 is 0. The van der Waals surface area contributed by atoms with E-state index < -0.39 is 0 Å². The molecule has 0 saturated heterocycles. The fourth-order valence-electron chi connectivity index (χ4n) is 2.02. The van der Waals surface area contributed by atoms with Gasteiger partial charge in [-0.3, -0.25) is 0 Å². The van der Waals surface area contributed by atoms with E-state index in [0.717, 1.165) is 43.4 Å². The third-order valence-electron chi connectivity index (χ3n) is 3.34. The van der Waals surface area contributed by atoms with Crippen LogP contribution < -0.4 is 10.5 Å². The van der Waals surface area contributed by atoms with Gasteiger partial charge in [0, 0.05) is 6.04 Å². The van der Waals surface area contributed by atoms with Gasteiger partial charge in [0.2, 0.25) is 0 Å². The first-order valence-corrected chi connectivity index (χ1v) is 7.45. The lowest BCUT2D eigenvalue weighted by Gasteiger charge is -2.14. The molecule has 1 rings (SSSR count). The van der Waals surface area contributed by atoms with Crippen molar-refractivity contribution in [2.45, 2.75) is 51.5 Å². The Bertz CT molecular complexity index is 406. The second-order valence-electron chi connectivity index (χ2n) is 5.11. The van der Waals surface area contributed by atoms with Crippen LogP contribution in [0.3, 0.4) is 0 Å². The van der Waals surface area contributed by atoms with Crippen molar-refractivity contribution < 1.29 is 9.13 Å². The van der Waals surface area contributed by atoms with Gasteiger partial charge in [-0.2, -0.15) is 0 Å². The van der Waals surface area contributed by atoms with Gasteiger partial charge in [-0.15, -0.1) is 6.58 Å². The van der Waals surface area contributed by atoms with Crippen LogP contribution in [-0.2, 0) is 6.42 Å². The first-order valence-electron chi connectivity index (χ1n) is 7.45. The second kappa shape index (κ2) is 9.54. The largest absolute Gasteiger partial charge is 0.493 e. The maximum atomic E-state index is 13.3. The molecule has 0 fully saturated rings. The predicted octanol–water partition coefficient (Wildman–Crippen LogP) is 4.23. The van der Waals surface area contributed by atoms with E-state index in [1.807, 2.05) is 13.0 Å². The number of unbranched alkanes of at least 4 members (excludes halogenated alkanes) is 3. The van der Waals surface area contributed by atoms with Crippen molar-refractivity contribution >= 4 is 0 Å². The van der Waals surface area contributed by atoms with Crippen molar-refractivity contribution in [2.75, 3.05) is 6.61 Å². The molecular formula is C17H26FNO. The average molecular weight is 279 g/mol. The molecule has 2 N–H and O–H groups in total. The molecule has 0 radical (unpaired) electrons. The summed E-state index contributed by atoms with van der Waals surface area (Å²) in [5.74, 6) is 0.528. The number of nitrogens with two attached hydrogens (primary N) is 1. The maximum Gasteiger partial charge on any atom is 0.123 e. The molecule has 3 heteroatoms. The van der Waals surface area contributed by atoms with Crippen LogP contribution in [0.1, 0.15) is 44.6 Å². The molecule has 0 aromatic heterocycles. The summed E-state index contributed by atoms with van der Waals surface area (Å²) in [6.45, 7) is 6.40. The molecule has 112 valence electrons. The van der Waals surface area contributed by atoms with E-state index in [4.69, 9.17) is 10.5 Å². The van der Waals surface area contributed by atoms with E-state index >= 15 is 0 Å². The Labute approximate surface area is 121 Å². The van der Waals surface area contributed by atoms with Crippen LogP contribution in [0.4, 0.5) is 4.39 Å². The zero-order chi connectivity index (χ0) is 14.8. The van der Waals surface area contributed by atoms with Crippen molar-refractivity contribution in [3.05, 3.63) is 42.2 Å². The average Bonchev–Trinajstić information content (AvgIpc) is 2.44. The van der Waals surface area contributed by atoms with Crippen LogP contribution >= 0.6 is 0 Å². The van der Waals surface area contributed by atoms with Crippen LogP contribution in [0.25, 0.3) is 0 Å². The molecule has 0 saturated carbocycles. The van der Waals surface area contributed by atoms with Crippen molar-refractivity contribution in [2.24, 2.45) is 5.73 Å². The van der Waals surface area contributed by atoms with Crippen molar-refractivity contribution in [1.82, 2.24) is 0 Å². The molecule has 0 bridgehead atoms. The van der Waals surface area contributed by atoms with Gasteiger partial charge < -0.3 is 10.5 Å². The lowest BCUT2D eigenvalue weighted by atomic mass is 10.0. The standard InChI is InChI=1S/C17H26FNO/c1-3-5-6-7-8-11-20-17-10-9-15(18)12-14(17)13-16(19)4-2/h3,9-10,12,16H,1,4-8,11,13,19H2,2H3. The molecule has 2 nitrogen and oxygen atoms in total. The molecule has 0 aliphatic rings. The monoisotopic (exact) mass is 279 g/mol. The normalized spacial score (nSPS) is 12.2. The summed E-state index contributed by atoms with van der Waals surface area (Å²) in [6.07, 6.45) is 7.78. The van der Waals surface area contributed by atoms with Gasteiger partial charge >= 0.3 is 0 Å². The van der Waals surface area contributed by atoms with Crippen LogP contribution in [0, 0.1) is 5.82 Å². The van der Waals surface area contributed by atoms with E-state index in [1.54, 1.807) is 6.07 Å². The number of hydrogen-bond acceptors (Lipinski definition) is 2. The smallest absolute Gasteiger partial charge is 0.123 e. The molecule has 0 aliphatic heterocycles. The summed E-state index contributed by atoms with van der Waals surface area (Å²) in [5.41, 5.74) is 6.81. The summed E-state index contributed by atoms with van der Waals surface area (Å²) in [4.78, 5) is 0. The topological polar surface area (TPSA) is 35.2 Å². The minimum Gasteiger partial charge on any atom is -0.493 e. The Hall–Kier alpha value is -1.35. The molecule has 1 atom stereocenters. The number of halogens is 1. The van der Waals surface area contributed by atoms with E-state index in [2.05, 4.69) is 6.58 Å². The third-order valence-corrected chi connectivity index (χ3v) is 3.34. The summed E-state index contributed by atoms with van der Waals surface area (Å²) < 4.78 is 19.1. The van der Waals surface area contributed by atoms with Crippen molar-refractivity contribution in [1.29, 1.82) is 0 Å². The Balaban J connectivity index is 2.49. The number of allylic oxidation sites excluding steroid dienone is 1. The van der Waals surface area contributed by atoms with Gasteiger partial charge in [0.25, 0.3) is 0 Å². The zero-order valence-corrected chi connectivity index (χ0v) is 12.4. The number of hydrogen-bond donors (Lipinski definition) is 1. The molecule has 1 aromatic rings. The van der Waals surface area contributed by atoms with Crippen LogP contribution in [-0.4, -0.2) is 12.6 Å². The first-order chi connectivity index (χ1) is 9.67. The van der Waals surface area contributed by atoms with Gasteiger partial charge in [-0.1, -0.05) is 13.0 Å². The quantitative estimate of drug-likeness (QED) is 0.514. The maximum absolute atomic E-state index is 13.3. The minimum atomic E-state index is -0.235. The van der Waals surface area contributed by atoms with Gasteiger partial charge in [0.05, 0.1) is 6.61 Å².